The van der Waals surface area contributed by atoms with Crippen LogP contribution in [0.1, 0.15) is 44.5 Å². The van der Waals surface area contributed by atoms with Crippen LogP contribution in [0.3, 0.4) is 0 Å². The van der Waals surface area contributed by atoms with E-state index in [0.29, 0.717) is 11.5 Å². The molecule has 0 amide bonds. The fourth-order valence-corrected chi connectivity index (χ4v) is 3.90. The Morgan fingerprint density at radius 3 is 2.78 bits per heavy atom. The SMILES string of the molecule is CCc1nn(C)c(CC2(C)CCC(NC)C2)c1Br. The van der Waals surface area contributed by atoms with Crippen molar-refractivity contribution in [2.24, 2.45) is 12.5 Å². The third-order valence-electron chi connectivity index (χ3n) is 4.34. The van der Waals surface area contributed by atoms with Gasteiger partial charge in [0.1, 0.15) is 0 Å². The Labute approximate surface area is 118 Å². The molecule has 2 unspecified atom stereocenters. The maximum atomic E-state index is 4.60. The van der Waals surface area contributed by atoms with E-state index >= 15 is 0 Å². The maximum absolute atomic E-state index is 4.60. The minimum absolute atomic E-state index is 0.412. The van der Waals surface area contributed by atoms with Crippen molar-refractivity contribution >= 4 is 15.9 Å². The van der Waals surface area contributed by atoms with Crippen LogP contribution in [-0.4, -0.2) is 22.9 Å². The van der Waals surface area contributed by atoms with Crippen molar-refractivity contribution in [3.05, 3.63) is 15.9 Å². The van der Waals surface area contributed by atoms with Crippen molar-refractivity contribution in [1.29, 1.82) is 0 Å². The summed E-state index contributed by atoms with van der Waals surface area (Å²) in [4.78, 5) is 0. The number of halogens is 1. The third kappa shape index (κ3) is 2.64. The van der Waals surface area contributed by atoms with Gasteiger partial charge in [0, 0.05) is 13.1 Å². The van der Waals surface area contributed by atoms with Crippen LogP contribution in [0.2, 0.25) is 0 Å². The van der Waals surface area contributed by atoms with Gasteiger partial charge in [-0.1, -0.05) is 13.8 Å². The molecule has 3 nitrogen and oxygen atoms in total. The van der Waals surface area contributed by atoms with Gasteiger partial charge >= 0.3 is 0 Å². The van der Waals surface area contributed by atoms with Gasteiger partial charge in [-0.15, -0.1) is 0 Å². The first kappa shape index (κ1) is 14.1. The predicted molar refractivity (Wildman–Crippen MR) is 78.8 cm³/mol. The van der Waals surface area contributed by atoms with Gasteiger partial charge < -0.3 is 5.32 Å². The topological polar surface area (TPSA) is 29.9 Å². The Balaban J connectivity index is 2.17. The highest BCUT2D eigenvalue weighted by Crippen LogP contribution is 2.41. The summed E-state index contributed by atoms with van der Waals surface area (Å²) in [6.07, 6.45) is 5.98. The predicted octanol–water partition coefficient (Wildman–Crippen LogP) is 3.07. The normalized spacial score (nSPS) is 27.9. The second-order valence-electron chi connectivity index (χ2n) is 5.90. The van der Waals surface area contributed by atoms with Crippen molar-refractivity contribution in [3.8, 4) is 0 Å². The number of aryl methyl sites for hydroxylation is 2. The molecule has 1 aliphatic rings. The van der Waals surface area contributed by atoms with Crippen LogP contribution in [0.15, 0.2) is 4.47 Å². The number of nitrogens with zero attached hydrogens (tertiary/aromatic N) is 2. The van der Waals surface area contributed by atoms with E-state index in [0.717, 1.165) is 12.8 Å². The Bertz CT molecular complexity index is 427. The van der Waals surface area contributed by atoms with Gasteiger partial charge in [0.05, 0.1) is 15.9 Å². The number of nitrogens with one attached hydrogen (secondary N) is 1. The minimum atomic E-state index is 0.412. The van der Waals surface area contributed by atoms with E-state index < -0.39 is 0 Å². The molecule has 0 aliphatic heterocycles. The number of hydrogen-bond donors (Lipinski definition) is 1. The molecule has 1 aliphatic carbocycles. The Morgan fingerprint density at radius 2 is 2.28 bits per heavy atom. The standard InChI is InChI=1S/C14H24BrN3/c1-5-11-13(15)12(18(4)17-11)9-14(2)7-6-10(8-14)16-3/h10,16H,5-9H2,1-4H3. The maximum Gasteiger partial charge on any atom is 0.0766 e. The Kier molecular flexibility index (Phi) is 4.17. The smallest absolute Gasteiger partial charge is 0.0766 e. The zero-order valence-electron chi connectivity index (χ0n) is 11.9. The van der Waals surface area contributed by atoms with Gasteiger partial charge in [-0.3, -0.25) is 4.68 Å². The fourth-order valence-electron chi connectivity index (χ4n) is 3.14. The largest absolute Gasteiger partial charge is 0.317 e. The second-order valence-corrected chi connectivity index (χ2v) is 6.69. The molecular formula is C14H24BrN3. The van der Waals surface area contributed by atoms with Crippen LogP contribution in [0, 0.1) is 5.41 Å². The molecule has 0 aromatic carbocycles. The Morgan fingerprint density at radius 1 is 1.56 bits per heavy atom. The lowest BCUT2D eigenvalue weighted by molar-refractivity contribution is 0.316. The van der Waals surface area contributed by atoms with Crippen LogP contribution >= 0.6 is 15.9 Å². The molecule has 102 valence electrons. The van der Waals surface area contributed by atoms with Crippen LogP contribution in [-0.2, 0) is 19.9 Å². The average molecular weight is 314 g/mol. The molecule has 18 heavy (non-hydrogen) atoms. The summed E-state index contributed by atoms with van der Waals surface area (Å²) >= 11 is 3.73. The van der Waals surface area contributed by atoms with E-state index in [1.807, 2.05) is 0 Å². The molecule has 4 heteroatoms. The molecule has 2 rings (SSSR count). The second kappa shape index (κ2) is 5.33. The van der Waals surface area contributed by atoms with Gasteiger partial charge in [0.25, 0.3) is 0 Å². The lowest BCUT2D eigenvalue weighted by Gasteiger charge is -2.24. The Hall–Kier alpha value is -0.350. The first-order valence-corrected chi connectivity index (χ1v) is 7.66. The van der Waals surface area contributed by atoms with Crippen molar-refractivity contribution in [1.82, 2.24) is 15.1 Å². The fraction of sp³-hybridized carbons (Fsp3) is 0.786. The van der Waals surface area contributed by atoms with Gasteiger partial charge in [-0.25, -0.2) is 0 Å². The zero-order chi connectivity index (χ0) is 13.3. The molecule has 1 fully saturated rings. The molecule has 2 atom stereocenters. The average Bonchev–Trinajstić information content (AvgIpc) is 2.85. The lowest BCUT2D eigenvalue weighted by atomic mass is 9.83. The summed E-state index contributed by atoms with van der Waals surface area (Å²) in [7, 11) is 4.14. The summed E-state index contributed by atoms with van der Waals surface area (Å²) in [5.74, 6) is 0. The highest BCUT2D eigenvalue weighted by Gasteiger charge is 2.36. The van der Waals surface area contributed by atoms with E-state index in [-0.39, 0.29) is 0 Å². The van der Waals surface area contributed by atoms with Crippen molar-refractivity contribution in [2.45, 2.75) is 52.0 Å². The van der Waals surface area contributed by atoms with Gasteiger partial charge in [-0.05, 0) is 60.5 Å². The van der Waals surface area contributed by atoms with Gasteiger partial charge in [-0.2, -0.15) is 5.10 Å². The first-order valence-electron chi connectivity index (χ1n) is 6.86. The molecule has 0 bridgehead atoms. The molecule has 1 aromatic rings. The summed E-state index contributed by atoms with van der Waals surface area (Å²) in [6.45, 7) is 4.57. The van der Waals surface area contributed by atoms with Crippen LogP contribution < -0.4 is 5.32 Å². The molecule has 1 heterocycles. The van der Waals surface area contributed by atoms with Crippen LogP contribution in [0.5, 0.6) is 0 Å². The van der Waals surface area contributed by atoms with Crippen molar-refractivity contribution in [3.63, 3.8) is 0 Å². The third-order valence-corrected chi connectivity index (χ3v) is 5.26. The molecular weight excluding hydrogens is 290 g/mol. The lowest BCUT2D eigenvalue weighted by Crippen LogP contribution is -2.25. The van der Waals surface area contributed by atoms with Crippen molar-refractivity contribution in [2.75, 3.05) is 7.05 Å². The molecule has 1 aromatic heterocycles. The number of aromatic nitrogens is 2. The van der Waals surface area contributed by atoms with Crippen LogP contribution in [0.4, 0.5) is 0 Å². The highest BCUT2D eigenvalue weighted by atomic mass is 79.9. The van der Waals surface area contributed by atoms with Crippen LogP contribution in [0.25, 0.3) is 0 Å². The minimum Gasteiger partial charge on any atom is -0.317 e. The van der Waals surface area contributed by atoms with E-state index in [2.05, 4.69) is 59.0 Å². The molecule has 0 radical (unpaired) electrons. The molecule has 1 N–H and O–H groups in total. The summed E-state index contributed by atoms with van der Waals surface area (Å²) < 4.78 is 3.28. The van der Waals surface area contributed by atoms with Gasteiger partial charge in [0.2, 0.25) is 0 Å². The monoisotopic (exact) mass is 313 g/mol. The van der Waals surface area contributed by atoms with E-state index in [1.165, 1.54) is 35.1 Å². The quantitative estimate of drug-likeness (QED) is 0.926. The van der Waals surface area contributed by atoms with E-state index in [9.17, 15) is 0 Å². The molecule has 0 spiro atoms. The highest BCUT2D eigenvalue weighted by molar-refractivity contribution is 9.10. The van der Waals surface area contributed by atoms with E-state index in [1.54, 1.807) is 0 Å². The summed E-state index contributed by atoms with van der Waals surface area (Å²) in [6, 6.07) is 0.688. The molecule has 1 saturated carbocycles. The van der Waals surface area contributed by atoms with Gasteiger partial charge in [0.15, 0.2) is 0 Å². The van der Waals surface area contributed by atoms with E-state index in [4.69, 9.17) is 0 Å². The number of hydrogen-bond acceptors (Lipinski definition) is 2. The number of rotatable bonds is 4. The molecule has 0 saturated heterocycles. The first-order chi connectivity index (χ1) is 8.49. The zero-order valence-corrected chi connectivity index (χ0v) is 13.5. The summed E-state index contributed by atoms with van der Waals surface area (Å²) in [5, 5.41) is 8.01. The van der Waals surface area contributed by atoms with Crippen molar-refractivity contribution < 1.29 is 0 Å². The summed E-state index contributed by atoms with van der Waals surface area (Å²) in [5.41, 5.74) is 2.94.